The van der Waals surface area contributed by atoms with Gasteiger partial charge in [-0.05, 0) is 30.0 Å². The van der Waals surface area contributed by atoms with Crippen LogP contribution in [0.3, 0.4) is 0 Å². The van der Waals surface area contributed by atoms with E-state index in [2.05, 4.69) is 45.0 Å². The summed E-state index contributed by atoms with van der Waals surface area (Å²) >= 11 is 0. The van der Waals surface area contributed by atoms with Gasteiger partial charge in [-0.15, -0.1) is 0 Å². The maximum Gasteiger partial charge on any atom is 0.303 e. The summed E-state index contributed by atoms with van der Waals surface area (Å²) in [5, 5.41) is 13.4. The van der Waals surface area contributed by atoms with Gasteiger partial charge in [0, 0.05) is 25.6 Å². The molecule has 1 aliphatic carbocycles. The zero-order valence-corrected chi connectivity index (χ0v) is 13.1. The highest BCUT2D eigenvalue weighted by Gasteiger charge is 2.29. The van der Waals surface area contributed by atoms with Gasteiger partial charge in [0.15, 0.2) is 0 Å². The summed E-state index contributed by atoms with van der Waals surface area (Å²) in [6.45, 7) is 2.83. The first-order valence-corrected chi connectivity index (χ1v) is 8.27. The van der Waals surface area contributed by atoms with Crippen LogP contribution in [0.2, 0.25) is 0 Å². The number of aliphatic carboxylic acids is 1. The lowest BCUT2D eigenvalue weighted by molar-refractivity contribution is -0.136. The van der Waals surface area contributed by atoms with Crippen molar-refractivity contribution in [3.05, 3.63) is 52.8 Å². The minimum atomic E-state index is -0.763. The molecule has 2 aromatic rings. The number of nitrogens with zero attached hydrogens (tertiary/aromatic N) is 3. The number of fused-ring (bicyclic) bond motifs is 2. The van der Waals surface area contributed by atoms with E-state index in [-0.39, 0.29) is 6.42 Å². The fraction of sp³-hybridized carbons (Fsp3) is 0.444. The van der Waals surface area contributed by atoms with Crippen molar-refractivity contribution in [3.63, 3.8) is 0 Å². The monoisotopic (exact) mass is 311 g/mol. The Labute approximate surface area is 135 Å². The van der Waals surface area contributed by atoms with Crippen LogP contribution in [-0.2, 0) is 37.1 Å². The lowest BCUT2D eigenvalue weighted by atomic mass is 10.1. The van der Waals surface area contributed by atoms with Crippen molar-refractivity contribution >= 4 is 5.97 Å². The third-order valence-electron chi connectivity index (χ3n) is 5.02. The molecule has 5 nitrogen and oxygen atoms in total. The average Bonchev–Trinajstić information content (AvgIpc) is 3.15. The summed E-state index contributed by atoms with van der Waals surface area (Å²) in [5.41, 5.74) is 5.09. The lowest BCUT2D eigenvalue weighted by Gasteiger charge is -2.32. The number of carbonyl (C=O) groups is 1. The van der Waals surface area contributed by atoms with Crippen LogP contribution < -0.4 is 0 Å². The summed E-state index contributed by atoms with van der Waals surface area (Å²) < 4.78 is 2.05. The van der Waals surface area contributed by atoms with Gasteiger partial charge in [-0.1, -0.05) is 24.3 Å². The standard InChI is InChI=1S/C18H21N3O2/c22-18(23)6-5-15-11-17-12-20(7-8-21(17)19-15)16-9-13-3-1-2-4-14(13)10-16/h1-4,11,16H,5-10,12H2,(H,22,23). The molecule has 0 bridgehead atoms. The number of aromatic nitrogens is 2. The number of hydrogen-bond acceptors (Lipinski definition) is 3. The number of benzene rings is 1. The van der Waals surface area contributed by atoms with Crippen molar-refractivity contribution < 1.29 is 9.90 Å². The third kappa shape index (κ3) is 2.88. The third-order valence-corrected chi connectivity index (χ3v) is 5.02. The first kappa shape index (κ1) is 14.5. The molecule has 0 saturated carbocycles. The molecular formula is C18H21N3O2. The molecular weight excluding hydrogens is 290 g/mol. The maximum absolute atomic E-state index is 10.7. The minimum absolute atomic E-state index is 0.151. The second kappa shape index (κ2) is 5.81. The van der Waals surface area contributed by atoms with Gasteiger partial charge in [-0.2, -0.15) is 5.10 Å². The molecule has 2 heterocycles. The highest BCUT2D eigenvalue weighted by atomic mass is 16.4. The Morgan fingerprint density at radius 2 is 1.96 bits per heavy atom. The van der Waals surface area contributed by atoms with Crippen LogP contribution in [0, 0.1) is 0 Å². The van der Waals surface area contributed by atoms with Crippen molar-refractivity contribution in [2.24, 2.45) is 0 Å². The molecule has 0 spiro atoms. The predicted molar refractivity (Wildman–Crippen MR) is 86.2 cm³/mol. The van der Waals surface area contributed by atoms with Crippen LogP contribution in [0.25, 0.3) is 0 Å². The minimum Gasteiger partial charge on any atom is -0.481 e. The summed E-state index contributed by atoms with van der Waals surface area (Å²) in [7, 11) is 0. The molecule has 4 rings (SSSR count). The van der Waals surface area contributed by atoms with E-state index < -0.39 is 5.97 Å². The molecule has 0 atom stereocenters. The van der Waals surface area contributed by atoms with E-state index in [1.54, 1.807) is 0 Å². The van der Waals surface area contributed by atoms with Crippen molar-refractivity contribution in [2.75, 3.05) is 6.54 Å². The van der Waals surface area contributed by atoms with Crippen LogP contribution in [0.15, 0.2) is 30.3 Å². The van der Waals surface area contributed by atoms with E-state index in [9.17, 15) is 4.79 Å². The molecule has 0 amide bonds. The number of hydrogen-bond donors (Lipinski definition) is 1. The highest BCUT2D eigenvalue weighted by Crippen LogP contribution is 2.28. The van der Waals surface area contributed by atoms with Gasteiger partial charge in [0.2, 0.25) is 0 Å². The van der Waals surface area contributed by atoms with Gasteiger partial charge < -0.3 is 5.11 Å². The zero-order valence-electron chi connectivity index (χ0n) is 13.1. The SMILES string of the molecule is O=C(O)CCc1cc2n(n1)CCN(C1Cc3ccccc3C1)C2. The molecule has 23 heavy (non-hydrogen) atoms. The molecule has 1 aromatic heterocycles. The Hall–Kier alpha value is -2.14. The van der Waals surface area contributed by atoms with Gasteiger partial charge in [0.25, 0.3) is 0 Å². The molecule has 1 N–H and O–H groups in total. The summed E-state index contributed by atoms with van der Waals surface area (Å²) in [4.78, 5) is 13.3. The van der Waals surface area contributed by atoms with Crippen LogP contribution >= 0.6 is 0 Å². The van der Waals surface area contributed by atoms with E-state index >= 15 is 0 Å². The summed E-state index contributed by atoms with van der Waals surface area (Å²) in [6, 6.07) is 11.4. The van der Waals surface area contributed by atoms with Crippen LogP contribution in [-0.4, -0.2) is 38.3 Å². The van der Waals surface area contributed by atoms with Crippen LogP contribution in [0.5, 0.6) is 0 Å². The Balaban J connectivity index is 1.44. The van der Waals surface area contributed by atoms with Crippen LogP contribution in [0.4, 0.5) is 0 Å². The Kier molecular flexibility index (Phi) is 3.65. The predicted octanol–water partition coefficient (Wildman–Crippen LogP) is 1.88. The fourth-order valence-electron chi connectivity index (χ4n) is 3.81. The van der Waals surface area contributed by atoms with Gasteiger partial charge in [-0.3, -0.25) is 14.4 Å². The second-order valence-electron chi connectivity index (χ2n) is 6.55. The molecule has 0 radical (unpaired) electrons. The van der Waals surface area contributed by atoms with Crippen molar-refractivity contribution in [3.8, 4) is 0 Å². The van der Waals surface area contributed by atoms with Crippen LogP contribution in [0.1, 0.15) is 28.9 Å². The normalized spacial score (nSPS) is 17.9. The van der Waals surface area contributed by atoms with Gasteiger partial charge in [0.05, 0.1) is 24.4 Å². The first-order valence-electron chi connectivity index (χ1n) is 8.27. The average molecular weight is 311 g/mol. The summed E-state index contributed by atoms with van der Waals surface area (Å²) in [6.07, 6.45) is 2.94. The molecule has 2 aliphatic rings. The van der Waals surface area contributed by atoms with Gasteiger partial charge in [-0.25, -0.2) is 0 Å². The number of carboxylic acids is 1. The molecule has 120 valence electrons. The first-order chi connectivity index (χ1) is 11.2. The molecule has 0 fully saturated rings. The van der Waals surface area contributed by atoms with Gasteiger partial charge >= 0.3 is 5.97 Å². The Bertz CT molecular complexity index is 713. The molecule has 1 aromatic carbocycles. The topological polar surface area (TPSA) is 58.4 Å². The maximum atomic E-state index is 10.7. The number of rotatable bonds is 4. The zero-order chi connectivity index (χ0) is 15.8. The molecule has 0 unspecified atom stereocenters. The van der Waals surface area contributed by atoms with Crippen molar-refractivity contribution in [1.82, 2.24) is 14.7 Å². The van der Waals surface area contributed by atoms with E-state index in [4.69, 9.17) is 5.11 Å². The molecule has 0 saturated heterocycles. The number of carboxylic acid groups (broad SMARTS) is 1. The smallest absolute Gasteiger partial charge is 0.303 e. The largest absolute Gasteiger partial charge is 0.481 e. The number of aryl methyl sites for hydroxylation is 1. The van der Waals surface area contributed by atoms with E-state index in [0.29, 0.717) is 12.5 Å². The second-order valence-corrected chi connectivity index (χ2v) is 6.55. The van der Waals surface area contributed by atoms with E-state index in [1.807, 2.05) is 0 Å². The van der Waals surface area contributed by atoms with Crippen molar-refractivity contribution in [2.45, 2.75) is 44.8 Å². The van der Waals surface area contributed by atoms with E-state index in [1.165, 1.54) is 16.8 Å². The fourth-order valence-corrected chi connectivity index (χ4v) is 3.81. The van der Waals surface area contributed by atoms with E-state index in [0.717, 1.165) is 38.2 Å². The van der Waals surface area contributed by atoms with Gasteiger partial charge in [0.1, 0.15) is 0 Å². The Morgan fingerprint density at radius 3 is 2.65 bits per heavy atom. The molecule has 1 aliphatic heterocycles. The molecule has 5 heteroatoms. The van der Waals surface area contributed by atoms with Crippen molar-refractivity contribution in [1.29, 1.82) is 0 Å². The summed E-state index contributed by atoms with van der Waals surface area (Å²) in [5.74, 6) is -0.763. The Morgan fingerprint density at radius 1 is 1.22 bits per heavy atom. The highest BCUT2D eigenvalue weighted by molar-refractivity contribution is 5.66. The lowest BCUT2D eigenvalue weighted by Crippen LogP contribution is -2.41. The quantitative estimate of drug-likeness (QED) is 0.937.